The maximum atomic E-state index is 12.0. The fourth-order valence-corrected chi connectivity index (χ4v) is 3.92. The van der Waals surface area contributed by atoms with Crippen molar-refractivity contribution in [2.45, 2.75) is 83.8 Å². The summed E-state index contributed by atoms with van der Waals surface area (Å²) in [7, 11) is 1.09. The number of phosphoric ester groups is 1. The van der Waals surface area contributed by atoms with E-state index in [2.05, 4.69) is 31.2 Å². The number of unbranched alkanes of at least 4 members (excludes halogenated alkanes) is 2. The zero-order valence-corrected chi connectivity index (χ0v) is 26.5. The van der Waals surface area contributed by atoms with Gasteiger partial charge in [-0.05, 0) is 38.5 Å². The molecule has 236 valence electrons. The van der Waals surface area contributed by atoms with Crippen LogP contribution in [0.1, 0.15) is 71.6 Å². The highest BCUT2D eigenvalue weighted by Crippen LogP contribution is 2.38. The Kier molecular flexibility index (Phi) is 22.3. The maximum absolute atomic E-state index is 12.0. The minimum Gasteiger partial charge on any atom is -0.756 e. The number of esters is 2. The van der Waals surface area contributed by atoms with Crippen molar-refractivity contribution in [2.75, 3.05) is 47.5 Å². The molecule has 0 saturated carbocycles. The van der Waals surface area contributed by atoms with Gasteiger partial charge >= 0.3 is 11.9 Å². The monoisotopic (exact) mass is 601 g/mol. The third-order valence-electron chi connectivity index (χ3n) is 5.47. The molecule has 41 heavy (non-hydrogen) atoms. The Labute approximate surface area is 246 Å². The van der Waals surface area contributed by atoms with Gasteiger partial charge in [0.05, 0.1) is 33.9 Å². The van der Waals surface area contributed by atoms with E-state index in [0.29, 0.717) is 23.9 Å². The first kappa shape index (κ1) is 38.9. The fourth-order valence-electron chi connectivity index (χ4n) is 3.19. The van der Waals surface area contributed by atoms with Crippen molar-refractivity contribution in [3.8, 4) is 0 Å². The summed E-state index contributed by atoms with van der Waals surface area (Å²) in [6.45, 7) is 2.86. The summed E-state index contributed by atoms with van der Waals surface area (Å²) >= 11 is 0. The minimum absolute atomic E-state index is 0.0516. The van der Waals surface area contributed by atoms with Crippen molar-refractivity contribution in [1.82, 2.24) is 0 Å². The summed E-state index contributed by atoms with van der Waals surface area (Å²) in [4.78, 5) is 35.3. The van der Waals surface area contributed by atoms with Gasteiger partial charge in [-0.25, -0.2) is 0 Å². The van der Waals surface area contributed by atoms with Crippen molar-refractivity contribution < 1.29 is 47.2 Å². The predicted octanol–water partition coefficient (Wildman–Crippen LogP) is 4.79. The number of phosphoric acid groups is 1. The predicted molar refractivity (Wildman–Crippen MR) is 159 cm³/mol. The number of aliphatic hydroxyl groups is 1. The van der Waals surface area contributed by atoms with E-state index in [0.717, 1.165) is 38.5 Å². The second kappa shape index (κ2) is 23.5. The molecule has 1 unspecified atom stereocenters. The molecule has 0 aliphatic rings. The molecule has 0 rings (SSSR count). The Morgan fingerprint density at radius 3 is 2.12 bits per heavy atom. The molecule has 0 heterocycles. The van der Waals surface area contributed by atoms with Crippen LogP contribution >= 0.6 is 7.82 Å². The quantitative estimate of drug-likeness (QED) is 0.0546. The van der Waals surface area contributed by atoms with Crippen LogP contribution in [-0.2, 0) is 32.7 Å². The average molecular weight is 602 g/mol. The van der Waals surface area contributed by atoms with Gasteiger partial charge in [0.15, 0.2) is 6.10 Å². The summed E-state index contributed by atoms with van der Waals surface area (Å²) < 4.78 is 32.2. The van der Waals surface area contributed by atoms with Crippen LogP contribution < -0.4 is 4.89 Å². The molecular weight excluding hydrogens is 549 g/mol. The van der Waals surface area contributed by atoms with Gasteiger partial charge in [0, 0.05) is 13.3 Å². The molecule has 3 atom stereocenters. The number of ether oxygens (including phenoxy) is 2. The molecule has 0 aromatic carbocycles. The first-order valence-electron chi connectivity index (χ1n) is 14.4. The zero-order chi connectivity index (χ0) is 31.0. The Morgan fingerprint density at radius 2 is 1.54 bits per heavy atom. The maximum Gasteiger partial charge on any atom is 0.305 e. The first-order chi connectivity index (χ1) is 19.3. The van der Waals surface area contributed by atoms with E-state index >= 15 is 0 Å². The van der Waals surface area contributed by atoms with Crippen LogP contribution in [-0.4, -0.2) is 81.2 Å². The third-order valence-corrected chi connectivity index (χ3v) is 6.44. The molecule has 0 aromatic heterocycles. The van der Waals surface area contributed by atoms with Crippen molar-refractivity contribution in [3.63, 3.8) is 0 Å². The van der Waals surface area contributed by atoms with E-state index in [9.17, 15) is 24.2 Å². The number of nitrogens with zero attached hydrogens (tertiary/aromatic N) is 1. The minimum atomic E-state index is -4.59. The van der Waals surface area contributed by atoms with E-state index in [4.69, 9.17) is 18.5 Å². The highest BCUT2D eigenvalue weighted by molar-refractivity contribution is 7.45. The Balaban J connectivity index is 4.11. The largest absolute Gasteiger partial charge is 0.756 e. The van der Waals surface area contributed by atoms with E-state index in [1.165, 1.54) is 6.92 Å². The highest BCUT2D eigenvalue weighted by atomic mass is 31.2. The summed E-state index contributed by atoms with van der Waals surface area (Å²) in [6.07, 6.45) is 21.7. The van der Waals surface area contributed by atoms with Crippen LogP contribution in [0, 0.1) is 0 Å². The summed E-state index contributed by atoms with van der Waals surface area (Å²) in [5.41, 5.74) is 0. The van der Waals surface area contributed by atoms with Crippen molar-refractivity contribution in [2.24, 2.45) is 0 Å². The van der Waals surface area contributed by atoms with Crippen LogP contribution in [0.25, 0.3) is 0 Å². The lowest BCUT2D eigenvalue weighted by atomic mass is 10.1. The second-order valence-corrected chi connectivity index (χ2v) is 12.1. The van der Waals surface area contributed by atoms with Crippen LogP contribution in [0.3, 0.4) is 0 Å². The standard InChI is InChI=1S/C30H52NO9P/c1-6-7-20-28(33)21-18-16-14-12-10-8-9-11-13-15-17-19-22-30(34)37-25-29(40-27(2)32)26-39-41(35,36)38-24-23-31(3,4)5/h8-9,12-15,18,21,28-29,33H,6-7,10-11,16-17,19-20,22-26H2,1-5H3/b9-8-,14-12-,15-13-,21-18-/t28-,29+/m0/s1. The number of aliphatic hydroxyl groups excluding tert-OH is 1. The fraction of sp³-hybridized carbons (Fsp3) is 0.667. The van der Waals surface area contributed by atoms with Gasteiger partial charge in [-0.3, -0.25) is 14.2 Å². The SMILES string of the molecule is CCCC[C@H](O)/C=C\C/C=C\C/C=C\C/C=C\CCCC(=O)OC[C@H](COP(=O)([O-])OCC[N+](C)(C)C)OC(C)=O. The Bertz CT molecular complexity index is 878. The van der Waals surface area contributed by atoms with Crippen molar-refractivity contribution >= 4 is 19.8 Å². The van der Waals surface area contributed by atoms with Crippen LogP contribution in [0.5, 0.6) is 0 Å². The number of carbonyl (C=O) groups is 2. The smallest absolute Gasteiger partial charge is 0.305 e. The molecule has 0 radical (unpaired) electrons. The normalized spacial score (nSPS) is 15.6. The molecule has 1 N–H and O–H groups in total. The lowest BCUT2D eigenvalue weighted by Crippen LogP contribution is -2.37. The number of rotatable bonds is 24. The van der Waals surface area contributed by atoms with Crippen LogP contribution in [0.2, 0.25) is 0 Å². The van der Waals surface area contributed by atoms with Gasteiger partial charge in [0.25, 0.3) is 7.82 Å². The van der Waals surface area contributed by atoms with Crippen molar-refractivity contribution in [1.29, 1.82) is 0 Å². The highest BCUT2D eigenvalue weighted by Gasteiger charge is 2.20. The molecule has 0 spiro atoms. The van der Waals surface area contributed by atoms with Crippen LogP contribution in [0.15, 0.2) is 48.6 Å². The number of carbonyl (C=O) groups excluding carboxylic acids is 2. The Morgan fingerprint density at radius 1 is 0.927 bits per heavy atom. The number of likely N-dealkylation sites (N-methyl/N-ethyl adjacent to an activating group) is 1. The molecule has 0 bridgehead atoms. The first-order valence-corrected chi connectivity index (χ1v) is 15.8. The Hall–Kier alpha value is -2.07. The van der Waals surface area contributed by atoms with Gasteiger partial charge in [-0.2, -0.15) is 0 Å². The van der Waals surface area contributed by atoms with Gasteiger partial charge in [-0.1, -0.05) is 68.4 Å². The molecule has 0 amide bonds. The van der Waals surface area contributed by atoms with E-state index < -0.39 is 32.5 Å². The van der Waals surface area contributed by atoms with E-state index in [1.807, 2.05) is 45.4 Å². The molecule has 0 aliphatic carbocycles. The van der Waals surface area contributed by atoms with Gasteiger partial charge in [-0.15, -0.1) is 0 Å². The summed E-state index contributed by atoms with van der Waals surface area (Å²) in [6, 6.07) is 0. The average Bonchev–Trinajstić information content (AvgIpc) is 2.88. The third kappa shape index (κ3) is 27.9. The van der Waals surface area contributed by atoms with E-state index in [-0.39, 0.29) is 25.7 Å². The van der Waals surface area contributed by atoms with Crippen molar-refractivity contribution in [3.05, 3.63) is 48.6 Å². The zero-order valence-electron chi connectivity index (χ0n) is 25.6. The van der Waals surface area contributed by atoms with E-state index in [1.54, 1.807) is 0 Å². The lowest BCUT2D eigenvalue weighted by Gasteiger charge is -2.28. The van der Waals surface area contributed by atoms with Gasteiger partial charge in [0.1, 0.15) is 19.8 Å². The molecule has 10 nitrogen and oxygen atoms in total. The lowest BCUT2D eigenvalue weighted by molar-refractivity contribution is -0.870. The molecular formula is C30H52NO9P. The summed E-state index contributed by atoms with van der Waals surface area (Å²) in [5.74, 6) is -1.13. The molecule has 0 aliphatic heterocycles. The molecule has 0 saturated heterocycles. The molecule has 0 aromatic rings. The number of hydrogen-bond donors (Lipinski definition) is 1. The topological polar surface area (TPSA) is 131 Å². The number of quaternary nitrogens is 1. The van der Waals surface area contributed by atoms with Gasteiger partial charge in [0.2, 0.25) is 0 Å². The molecule has 11 heteroatoms. The second-order valence-electron chi connectivity index (χ2n) is 10.7. The number of hydrogen-bond acceptors (Lipinski definition) is 9. The van der Waals surface area contributed by atoms with Gasteiger partial charge < -0.3 is 33.0 Å². The van der Waals surface area contributed by atoms with Crippen LogP contribution in [0.4, 0.5) is 0 Å². The number of allylic oxidation sites excluding steroid dienone is 7. The summed E-state index contributed by atoms with van der Waals surface area (Å²) in [5, 5.41) is 9.74. The molecule has 0 fully saturated rings.